The van der Waals surface area contributed by atoms with Gasteiger partial charge in [-0.05, 0) is 6.92 Å². The smallest absolute Gasteiger partial charge is 0.177 e. The van der Waals surface area contributed by atoms with E-state index in [1.54, 1.807) is 11.5 Å². The van der Waals surface area contributed by atoms with Gasteiger partial charge in [-0.15, -0.1) is 10.2 Å². The number of halogens is 1. The van der Waals surface area contributed by atoms with E-state index in [0.717, 1.165) is 0 Å². The van der Waals surface area contributed by atoms with Gasteiger partial charge in [0.1, 0.15) is 23.0 Å². The first-order chi connectivity index (χ1) is 6.70. The van der Waals surface area contributed by atoms with E-state index in [1.165, 1.54) is 0 Å². The van der Waals surface area contributed by atoms with Crippen LogP contribution < -0.4 is 0 Å². The van der Waals surface area contributed by atoms with Crippen molar-refractivity contribution in [3.05, 3.63) is 17.2 Å². The molecule has 68 valence electrons. The zero-order valence-electron chi connectivity index (χ0n) is 7.19. The third kappa shape index (κ3) is 0.876. The minimum absolute atomic E-state index is 0.216. The molecule has 2 rings (SSSR count). The molecule has 1 aliphatic rings. The van der Waals surface area contributed by atoms with Crippen molar-refractivity contribution in [1.29, 1.82) is 10.5 Å². The Morgan fingerprint density at radius 3 is 2.64 bits per heavy atom. The van der Waals surface area contributed by atoms with Gasteiger partial charge in [0.05, 0.1) is 11.6 Å². The summed E-state index contributed by atoms with van der Waals surface area (Å²) in [6.07, 6.45) is 0. The molecule has 6 heteroatoms. The number of nitriles is 2. The fourth-order valence-electron chi connectivity index (χ4n) is 1.40. The summed E-state index contributed by atoms with van der Waals surface area (Å²) >= 11 is 5.98. The summed E-state index contributed by atoms with van der Waals surface area (Å²) < 4.78 is 1.57. The molecule has 14 heavy (non-hydrogen) atoms. The Kier molecular flexibility index (Phi) is 1.77. The van der Waals surface area contributed by atoms with Gasteiger partial charge >= 0.3 is 0 Å². The molecule has 0 saturated heterocycles. The molecule has 1 aromatic rings. The molecular formula is C8H4ClN5. The maximum atomic E-state index is 8.84. The van der Waals surface area contributed by atoms with Crippen molar-refractivity contribution >= 4 is 17.2 Å². The summed E-state index contributed by atoms with van der Waals surface area (Å²) in [6.45, 7) is 1.72. The summed E-state index contributed by atoms with van der Waals surface area (Å²) in [5.74, 6) is 0.972. The summed E-state index contributed by atoms with van der Waals surface area (Å²) in [5.41, 5.74) is -0.199. The maximum absolute atomic E-state index is 8.84. The number of aromatic nitrogens is 3. The zero-order valence-corrected chi connectivity index (χ0v) is 7.95. The van der Waals surface area contributed by atoms with Gasteiger partial charge in [0, 0.05) is 0 Å². The van der Waals surface area contributed by atoms with Crippen LogP contribution >= 0.6 is 11.6 Å². The highest BCUT2D eigenvalue weighted by Gasteiger charge is 2.33. The molecule has 0 radical (unpaired) electrons. The maximum Gasteiger partial charge on any atom is 0.177 e. The van der Waals surface area contributed by atoms with Crippen LogP contribution in [-0.2, 0) is 0 Å². The van der Waals surface area contributed by atoms with E-state index in [2.05, 4.69) is 10.2 Å². The molecule has 0 saturated carbocycles. The third-order valence-electron chi connectivity index (χ3n) is 2.06. The van der Waals surface area contributed by atoms with Gasteiger partial charge in [-0.25, -0.2) is 0 Å². The average molecular weight is 206 g/mol. The fraction of sp³-hybridized carbons (Fsp3) is 0.250. The van der Waals surface area contributed by atoms with E-state index in [1.807, 2.05) is 12.1 Å². The first-order valence-corrected chi connectivity index (χ1v) is 4.24. The van der Waals surface area contributed by atoms with Crippen LogP contribution in [0.5, 0.6) is 0 Å². The van der Waals surface area contributed by atoms with Crippen LogP contribution in [0.1, 0.15) is 17.1 Å². The van der Waals surface area contributed by atoms with E-state index in [0.29, 0.717) is 11.6 Å². The van der Waals surface area contributed by atoms with Gasteiger partial charge < -0.3 is 0 Å². The van der Waals surface area contributed by atoms with E-state index in [-0.39, 0.29) is 11.1 Å². The quantitative estimate of drug-likeness (QED) is 0.595. The van der Waals surface area contributed by atoms with Crippen molar-refractivity contribution < 1.29 is 0 Å². The number of fused-ring (bicyclic) bond motifs is 1. The minimum atomic E-state index is -0.653. The molecule has 0 spiro atoms. The Morgan fingerprint density at radius 1 is 1.36 bits per heavy atom. The van der Waals surface area contributed by atoms with Gasteiger partial charge in [0.15, 0.2) is 5.82 Å². The molecule has 0 N–H and O–H groups in total. The molecule has 2 heterocycles. The number of allylic oxidation sites excluding steroid dienone is 2. The molecule has 0 bridgehead atoms. The first kappa shape index (κ1) is 8.74. The van der Waals surface area contributed by atoms with Crippen LogP contribution in [0.2, 0.25) is 0 Å². The van der Waals surface area contributed by atoms with Crippen molar-refractivity contribution in [2.75, 3.05) is 0 Å². The van der Waals surface area contributed by atoms with Crippen LogP contribution in [0.3, 0.4) is 0 Å². The van der Waals surface area contributed by atoms with E-state index < -0.39 is 5.50 Å². The predicted octanol–water partition coefficient (Wildman–Crippen LogP) is 1.14. The van der Waals surface area contributed by atoms with E-state index in [9.17, 15) is 0 Å². The lowest BCUT2D eigenvalue weighted by Gasteiger charge is -2.04. The van der Waals surface area contributed by atoms with Crippen LogP contribution in [0.25, 0.3) is 5.57 Å². The van der Waals surface area contributed by atoms with Crippen LogP contribution in [0.4, 0.5) is 0 Å². The largest absolute Gasteiger partial charge is 0.288 e. The first-order valence-electron chi connectivity index (χ1n) is 3.81. The lowest BCUT2D eigenvalue weighted by molar-refractivity contribution is 0.751. The molecule has 0 aliphatic carbocycles. The van der Waals surface area contributed by atoms with Gasteiger partial charge in [-0.3, -0.25) is 4.57 Å². The SMILES string of the molecule is Cc1nnc2n1C(Cl)C(C#N)=C2C#N. The van der Waals surface area contributed by atoms with E-state index in [4.69, 9.17) is 22.1 Å². The minimum Gasteiger partial charge on any atom is -0.288 e. The third-order valence-corrected chi connectivity index (χ3v) is 2.47. The van der Waals surface area contributed by atoms with Gasteiger partial charge in [0.2, 0.25) is 0 Å². The molecule has 1 unspecified atom stereocenters. The highest BCUT2D eigenvalue weighted by atomic mass is 35.5. The summed E-state index contributed by atoms with van der Waals surface area (Å²) in [6, 6.07) is 3.83. The summed E-state index contributed by atoms with van der Waals surface area (Å²) in [4.78, 5) is 0. The van der Waals surface area contributed by atoms with Gasteiger partial charge in [0.25, 0.3) is 0 Å². The van der Waals surface area contributed by atoms with Crippen molar-refractivity contribution in [1.82, 2.24) is 14.8 Å². The molecule has 0 fully saturated rings. The second-order valence-electron chi connectivity index (χ2n) is 2.79. The number of aryl methyl sites for hydroxylation is 1. The number of rotatable bonds is 0. The number of nitrogens with zero attached hydrogens (tertiary/aromatic N) is 5. The molecule has 1 aromatic heterocycles. The lowest BCUT2D eigenvalue weighted by Crippen LogP contribution is -2.02. The molecule has 0 aromatic carbocycles. The average Bonchev–Trinajstić information content (AvgIpc) is 2.66. The lowest BCUT2D eigenvalue weighted by atomic mass is 10.2. The van der Waals surface area contributed by atoms with Crippen molar-refractivity contribution in [3.8, 4) is 12.1 Å². The predicted molar refractivity (Wildman–Crippen MR) is 47.8 cm³/mol. The Hall–Kier alpha value is -1.85. The number of hydrogen-bond acceptors (Lipinski definition) is 4. The van der Waals surface area contributed by atoms with Crippen molar-refractivity contribution in [2.24, 2.45) is 0 Å². The van der Waals surface area contributed by atoms with Crippen LogP contribution in [0.15, 0.2) is 5.57 Å². The van der Waals surface area contributed by atoms with Crippen LogP contribution in [-0.4, -0.2) is 14.8 Å². The zero-order chi connectivity index (χ0) is 10.3. The normalized spacial score (nSPS) is 19.0. The Labute approximate surface area is 84.8 Å². The highest BCUT2D eigenvalue weighted by molar-refractivity contribution is 6.22. The van der Waals surface area contributed by atoms with Crippen LogP contribution in [0, 0.1) is 29.6 Å². The topological polar surface area (TPSA) is 78.3 Å². The summed E-state index contributed by atoms with van der Waals surface area (Å²) in [7, 11) is 0. The monoisotopic (exact) mass is 205 g/mol. The second-order valence-corrected chi connectivity index (χ2v) is 3.20. The Bertz CT molecular complexity index is 513. The van der Waals surface area contributed by atoms with Gasteiger partial charge in [-0.2, -0.15) is 10.5 Å². The molecule has 1 aliphatic heterocycles. The number of alkyl halides is 1. The number of hydrogen-bond donors (Lipinski definition) is 0. The second kappa shape index (κ2) is 2.83. The van der Waals surface area contributed by atoms with Crippen molar-refractivity contribution in [2.45, 2.75) is 12.4 Å². The Balaban J connectivity index is 2.73. The van der Waals surface area contributed by atoms with Crippen molar-refractivity contribution in [3.63, 3.8) is 0 Å². The standard InChI is InChI=1S/C8H4ClN5/c1-4-12-13-8-6(3-11)5(2-10)7(9)14(4)8/h7H,1H3. The molecular weight excluding hydrogens is 202 g/mol. The van der Waals surface area contributed by atoms with E-state index >= 15 is 0 Å². The molecule has 1 atom stereocenters. The van der Waals surface area contributed by atoms with Gasteiger partial charge in [-0.1, -0.05) is 11.6 Å². The molecule has 5 nitrogen and oxygen atoms in total. The molecule has 0 amide bonds. The summed E-state index contributed by atoms with van der Waals surface area (Å²) in [5, 5.41) is 25.2. The fourth-order valence-corrected chi connectivity index (χ4v) is 1.79. The highest BCUT2D eigenvalue weighted by Crippen LogP contribution is 2.37. The Morgan fingerprint density at radius 2 is 2.07 bits per heavy atom.